The fraction of sp³-hybridized carbons (Fsp3) is 0.267. The van der Waals surface area contributed by atoms with Gasteiger partial charge < -0.3 is 10.4 Å². The highest BCUT2D eigenvalue weighted by Crippen LogP contribution is 2.08. The lowest BCUT2D eigenvalue weighted by Gasteiger charge is -2.11. The molecule has 0 radical (unpaired) electrons. The molecule has 1 unspecified atom stereocenters. The number of rotatable bonds is 6. The number of benzene rings is 1. The van der Waals surface area contributed by atoms with E-state index in [0.717, 1.165) is 5.69 Å². The quantitative estimate of drug-likeness (QED) is 0.849. The van der Waals surface area contributed by atoms with Crippen LogP contribution in [0.15, 0.2) is 42.7 Å². The van der Waals surface area contributed by atoms with Crippen molar-refractivity contribution in [1.82, 2.24) is 15.1 Å². The molecule has 0 fully saturated rings. The second kappa shape index (κ2) is 6.69. The monoisotopic (exact) mass is 287 g/mol. The maximum atomic E-state index is 12.0. The highest BCUT2D eigenvalue weighted by molar-refractivity contribution is 5.94. The molecule has 0 spiro atoms. The third-order valence-electron chi connectivity index (χ3n) is 3.03. The molecular formula is C15H17N3O3. The van der Waals surface area contributed by atoms with E-state index < -0.39 is 5.97 Å². The van der Waals surface area contributed by atoms with E-state index >= 15 is 0 Å². The minimum atomic E-state index is -0.868. The van der Waals surface area contributed by atoms with Crippen LogP contribution in [0.2, 0.25) is 0 Å². The van der Waals surface area contributed by atoms with Crippen molar-refractivity contribution in [1.29, 1.82) is 0 Å². The van der Waals surface area contributed by atoms with Crippen LogP contribution in [0.3, 0.4) is 0 Å². The molecular weight excluding hydrogens is 270 g/mol. The summed E-state index contributed by atoms with van der Waals surface area (Å²) >= 11 is 0. The van der Waals surface area contributed by atoms with Gasteiger partial charge in [-0.1, -0.05) is 18.2 Å². The Morgan fingerprint density at radius 3 is 2.71 bits per heavy atom. The average Bonchev–Trinajstić information content (AvgIpc) is 2.96. The third kappa shape index (κ3) is 4.17. The predicted octanol–water partition coefficient (Wildman–Crippen LogP) is 1.86. The van der Waals surface area contributed by atoms with Gasteiger partial charge in [-0.2, -0.15) is 5.10 Å². The molecule has 110 valence electrons. The van der Waals surface area contributed by atoms with E-state index in [2.05, 4.69) is 10.4 Å². The number of hydrogen-bond donors (Lipinski definition) is 2. The van der Waals surface area contributed by atoms with Crippen molar-refractivity contribution in [2.24, 2.45) is 0 Å². The molecule has 1 amide bonds. The molecule has 0 aliphatic rings. The van der Waals surface area contributed by atoms with E-state index in [1.807, 2.05) is 30.3 Å². The molecule has 1 aromatic carbocycles. The number of aliphatic carboxylic acids is 1. The van der Waals surface area contributed by atoms with Gasteiger partial charge in [-0.25, -0.2) is 4.68 Å². The Labute approximate surface area is 122 Å². The van der Waals surface area contributed by atoms with E-state index in [-0.39, 0.29) is 18.4 Å². The van der Waals surface area contributed by atoms with Crippen LogP contribution in [0, 0.1) is 0 Å². The minimum Gasteiger partial charge on any atom is -0.481 e. The molecule has 0 saturated carbocycles. The van der Waals surface area contributed by atoms with Crippen molar-refractivity contribution in [3.8, 4) is 5.69 Å². The number of para-hydroxylation sites is 1. The Bertz CT molecular complexity index is 622. The van der Waals surface area contributed by atoms with E-state index in [0.29, 0.717) is 12.0 Å². The van der Waals surface area contributed by atoms with Gasteiger partial charge in [0, 0.05) is 18.7 Å². The number of nitrogens with one attached hydrogen (secondary N) is 1. The standard InChI is InChI=1S/C15H17N3O3/c1-11(7-8-14(19)20)17-15(21)12-9-16-18(10-12)13-5-3-2-4-6-13/h2-6,9-11H,7-8H2,1H3,(H,17,21)(H,19,20). The Kier molecular flexibility index (Phi) is 4.71. The minimum absolute atomic E-state index is 0.0325. The van der Waals surface area contributed by atoms with Crippen LogP contribution in [0.5, 0.6) is 0 Å². The Hall–Kier alpha value is -2.63. The fourth-order valence-electron chi connectivity index (χ4n) is 1.88. The zero-order chi connectivity index (χ0) is 15.2. The van der Waals surface area contributed by atoms with Gasteiger partial charge in [0.15, 0.2) is 0 Å². The van der Waals surface area contributed by atoms with Gasteiger partial charge >= 0.3 is 5.97 Å². The van der Waals surface area contributed by atoms with Crippen LogP contribution in [0.1, 0.15) is 30.1 Å². The summed E-state index contributed by atoms with van der Waals surface area (Å²) in [5.74, 6) is -1.12. The number of carbonyl (C=O) groups excluding carboxylic acids is 1. The number of amides is 1. The Morgan fingerprint density at radius 2 is 2.05 bits per heavy atom. The lowest BCUT2D eigenvalue weighted by atomic mass is 10.2. The van der Waals surface area contributed by atoms with Crippen LogP contribution >= 0.6 is 0 Å². The molecule has 0 aliphatic carbocycles. The summed E-state index contributed by atoms with van der Waals surface area (Å²) in [6.07, 6.45) is 3.57. The summed E-state index contributed by atoms with van der Waals surface area (Å²) in [6, 6.07) is 9.28. The molecule has 6 heteroatoms. The first-order valence-corrected chi connectivity index (χ1v) is 6.69. The summed E-state index contributed by atoms with van der Waals surface area (Å²) < 4.78 is 1.62. The van der Waals surface area contributed by atoms with Crippen LogP contribution in [0.25, 0.3) is 5.69 Å². The molecule has 1 heterocycles. The molecule has 6 nitrogen and oxygen atoms in total. The lowest BCUT2D eigenvalue weighted by molar-refractivity contribution is -0.137. The van der Waals surface area contributed by atoms with Crippen molar-refractivity contribution in [2.45, 2.75) is 25.8 Å². The summed E-state index contributed by atoms with van der Waals surface area (Å²) in [6.45, 7) is 1.78. The van der Waals surface area contributed by atoms with E-state index in [1.54, 1.807) is 17.8 Å². The number of hydrogen-bond acceptors (Lipinski definition) is 3. The third-order valence-corrected chi connectivity index (χ3v) is 3.03. The first-order valence-electron chi connectivity index (χ1n) is 6.69. The summed E-state index contributed by atoms with van der Waals surface area (Å²) in [4.78, 5) is 22.5. The van der Waals surface area contributed by atoms with E-state index in [1.165, 1.54) is 6.20 Å². The molecule has 2 aromatic rings. The lowest BCUT2D eigenvalue weighted by Crippen LogP contribution is -2.32. The van der Waals surface area contributed by atoms with Gasteiger partial charge in [0.2, 0.25) is 0 Å². The van der Waals surface area contributed by atoms with Gasteiger partial charge in [0.1, 0.15) is 0 Å². The SMILES string of the molecule is CC(CCC(=O)O)NC(=O)c1cnn(-c2ccccc2)c1. The second-order valence-electron chi connectivity index (χ2n) is 4.82. The summed E-state index contributed by atoms with van der Waals surface area (Å²) in [5.41, 5.74) is 1.32. The second-order valence-corrected chi connectivity index (χ2v) is 4.82. The Balaban J connectivity index is 1.98. The maximum Gasteiger partial charge on any atom is 0.303 e. The van der Waals surface area contributed by atoms with Gasteiger partial charge in [0.25, 0.3) is 5.91 Å². The number of carbonyl (C=O) groups is 2. The molecule has 2 rings (SSSR count). The van der Waals surface area contributed by atoms with E-state index in [9.17, 15) is 9.59 Å². The zero-order valence-corrected chi connectivity index (χ0v) is 11.7. The van der Waals surface area contributed by atoms with Crippen LogP contribution in [-0.2, 0) is 4.79 Å². The van der Waals surface area contributed by atoms with Crippen LogP contribution in [0.4, 0.5) is 0 Å². The van der Waals surface area contributed by atoms with Crippen molar-refractivity contribution in [3.63, 3.8) is 0 Å². The molecule has 0 bridgehead atoms. The zero-order valence-electron chi connectivity index (χ0n) is 11.7. The summed E-state index contributed by atoms with van der Waals surface area (Å²) in [7, 11) is 0. The van der Waals surface area contributed by atoms with Crippen molar-refractivity contribution >= 4 is 11.9 Å². The topological polar surface area (TPSA) is 84.2 Å². The smallest absolute Gasteiger partial charge is 0.303 e. The van der Waals surface area contributed by atoms with Crippen LogP contribution in [-0.4, -0.2) is 32.8 Å². The first kappa shape index (κ1) is 14.8. The molecule has 0 aliphatic heterocycles. The van der Waals surface area contributed by atoms with E-state index in [4.69, 9.17) is 5.11 Å². The normalized spacial score (nSPS) is 11.9. The first-order chi connectivity index (χ1) is 10.1. The number of carboxylic acids is 1. The number of carboxylic acid groups (broad SMARTS) is 1. The molecule has 0 saturated heterocycles. The molecule has 1 aromatic heterocycles. The van der Waals surface area contributed by atoms with Crippen molar-refractivity contribution < 1.29 is 14.7 Å². The van der Waals surface area contributed by atoms with Crippen LogP contribution < -0.4 is 5.32 Å². The van der Waals surface area contributed by atoms with Crippen molar-refractivity contribution in [2.75, 3.05) is 0 Å². The van der Waals surface area contributed by atoms with Gasteiger partial charge in [0.05, 0.1) is 17.4 Å². The number of aromatic nitrogens is 2. The highest BCUT2D eigenvalue weighted by Gasteiger charge is 2.13. The Morgan fingerprint density at radius 1 is 1.33 bits per heavy atom. The highest BCUT2D eigenvalue weighted by atomic mass is 16.4. The predicted molar refractivity (Wildman–Crippen MR) is 77.4 cm³/mol. The van der Waals surface area contributed by atoms with Gasteiger partial charge in [-0.15, -0.1) is 0 Å². The largest absolute Gasteiger partial charge is 0.481 e. The molecule has 1 atom stereocenters. The van der Waals surface area contributed by atoms with Crippen molar-refractivity contribution in [3.05, 3.63) is 48.3 Å². The fourth-order valence-corrected chi connectivity index (χ4v) is 1.88. The number of nitrogens with zero attached hydrogens (tertiary/aromatic N) is 2. The van der Waals surface area contributed by atoms with Gasteiger partial charge in [-0.3, -0.25) is 9.59 Å². The molecule has 2 N–H and O–H groups in total. The molecule has 21 heavy (non-hydrogen) atoms. The average molecular weight is 287 g/mol. The van der Waals surface area contributed by atoms with Gasteiger partial charge in [-0.05, 0) is 25.5 Å². The maximum absolute atomic E-state index is 12.0. The summed E-state index contributed by atoms with van der Waals surface area (Å²) in [5, 5.41) is 15.5.